The zero-order valence-electron chi connectivity index (χ0n) is 35.2. The molecule has 0 saturated heterocycles. The van der Waals surface area contributed by atoms with Crippen molar-refractivity contribution in [3.63, 3.8) is 0 Å². The first-order valence-electron chi connectivity index (χ1n) is 21.9. The van der Waals surface area contributed by atoms with Gasteiger partial charge in [-0.15, -0.1) is 0 Å². The third-order valence-electron chi connectivity index (χ3n) is 12.1. The minimum absolute atomic E-state index is 0.495. The van der Waals surface area contributed by atoms with Crippen LogP contribution in [0.5, 0.6) is 0 Å². The summed E-state index contributed by atoms with van der Waals surface area (Å²) in [5.41, 5.74) is 15.8. The van der Waals surface area contributed by atoms with Gasteiger partial charge >= 0.3 is 0 Å². The van der Waals surface area contributed by atoms with Gasteiger partial charge in [0.2, 0.25) is 0 Å². The lowest BCUT2D eigenvalue weighted by atomic mass is 9.98. The second kappa shape index (κ2) is 17.2. The first kappa shape index (κ1) is 38.6. The Hall–Kier alpha value is -8.28. The predicted molar refractivity (Wildman–Crippen MR) is 263 cm³/mol. The van der Waals surface area contributed by atoms with Gasteiger partial charge in [0, 0.05) is 69.8 Å². The summed E-state index contributed by atoms with van der Waals surface area (Å²) in [4.78, 5) is 20.5. The number of hydrogen-bond donors (Lipinski definition) is 0. The molecule has 11 rings (SSSR count). The van der Waals surface area contributed by atoms with Crippen LogP contribution in [0.4, 0.5) is 0 Å². The molecule has 3 aromatic heterocycles. The lowest BCUT2D eigenvalue weighted by molar-refractivity contribution is 0.722. The highest BCUT2D eigenvalue weighted by molar-refractivity contribution is 6.10. The van der Waals surface area contributed by atoms with Crippen LogP contribution in [-0.4, -0.2) is 24.5 Å². The molecule has 304 valence electrons. The molecule has 0 fully saturated rings. The van der Waals surface area contributed by atoms with E-state index in [2.05, 4.69) is 187 Å². The van der Waals surface area contributed by atoms with E-state index in [1.807, 2.05) is 42.6 Å². The molecule has 64 heavy (non-hydrogen) atoms. The maximum absolute atomic E-state index is 5.28. The third kappa shape index (κ3) is 7.87. The molecule has 5 nitrogen and oxygen atoms in total. The number of hydrogen-bond acceptors (Lipinski definition) is 4. The molecule has 0 aliphatic carbocycles. The molecule has 0 bridgehead atoms. The SMILES string of the molecule is c1ccc(-c2ccc(-c3cnc(CCn4c5ccc(-c6ccccc6)cc5c5cc(-c6ccccc6)ccc54)c(Cc4nc(-c5ccccc5)nc(-c5ccccc5)n4)c3)cc2)cc1. The van der Waals surface area contributed by atoms with E-state index >= 15 is 0 Å². The molecule has 5 heteroatoms. The molecular weight excluding hydrogens is 779 g/mol. The maximum atomic E-state index is 5.28. The summed E-state index contributed by atoms with van der Waals surface area (Å²) < 4.78 is 2.47. The molecule has 0 unspecified atom stereocenters. The van der Waals surface area contributed by atoms with E-state index in [0.29, 0.717) is 30.3 Å². The van der Waals surface area contributed by atoms with Crippen molar-refractivity contribution in [3.8, 4) is 67.3 Å². The van der Waals surface area contributed by atoms with E-state index in [1.54, 1.807) is 0 Å². The summed E-state index contributed by atoms with van der Waals surface area (Å²) in [7, 11) is 0. The Balaban J connectivity index is 1.01. The number of aromatic nitrogens is 5. The Bertz CT molecular complexity index is 3210. The van der Waals surface area contributed by atoms with Crippen LogP contribution in [0.2, 0.25) is 0 Å². The maximum Gasteiger partial charge on any atom is 0.163 e. The molecule has 0 amide bonds. The van der Waals surface area contributed by atoms with Crippen LogP contribution in [0.1, 0.15) is 17.1 Å². The molecule has 0 spiro atoms. The number of rotatable bonds is 11. The smallest absolute Gasteiger partial charge is 0.163 e. The number of fused-ring (bicyclic) bond motifs is 3. The molecule has 0 atom stereocenters. The minimum Gasteiger partial charge on any atom is -0.340 e. The van der Waals surface area contributed by atoms with Crippen molar-refractivity contribution < 1.29 is 0 Å². The van der Waals surface area contributed by atoms with Gasteiger partial charge in [0.25, 0.3) is 0 Å². The van der Waals surface area contributed by atoms with Crippen molar-refractivity contribution in [2.75, 3.05) is 0 Å². The monoisotopic (exact) mass is 821 g/mol. The van der Waals surface area contributed by atoms with Crippen LogP contribution in [0.25, 0.3) is 89.1 Å². The first-order valence-corrected chi connectivity index (χ1v) is 21.9. The van der Waals surface area contributed by atoms with Gasteiger partial charge in [-0.2, -0.15) is 0 Å². The number of aryl methyl sites for hydroxylation is 2. The largest absolute Gasteiger partial charge is 0.340 e. The zero-order chi connectivity index (χ0) is 42.7. The van der Waals surface area contributed by atoms with Crippen molar-refractivity contribution in [2.24, 2.45) is 0 Å². The van der Waals surface area contributed by atoms with Crippen molar-refractivity contribution >= 4 is 21.8 Å². The van der Waals surface area contributed by atoms with Gasteiger partial charge in [-0.3, -0.25) is 4.98 Å². The predicted octanol–water partition coefficient (Wildman–Crippen LogP) is 14.2. The Kier molecular flexibility index (Phi) is 10.4. The third-order valence-corrected chi connectivity index (χ3v) is 12.1. The van der Waals surface area contributed by atoms with Crippen LogP contribution in [0.3, 0.4) is 0 Å². The van der Waals surface area contributed by atoms with Gasteiger partial charge in [-0.25, -0.2) is 15.0 Å². The van der Waals surface area contributed by atoms with Crippen LogP contribution in [-0.2, 0) is 19.4 Å². The molecule has 11 aromatic rings. The Labute approximate surface area is 373 Å². The Morgan fingerprint density at radius 3 is 1.20 bits per heavy atom. The summed E-state index contributed by atoms with van der Waals surface area (Å²) in [5, 5.41) is 2.48. The van der Waals surface area contributed by atoms with E-state index in [9.17, 15) is 0 Å². The minimum atomic E-state index is 0.495. The molecule has 0 aliphatic rings. The standard InChI is InChI=1S/C59H43N5/c1-6-16-41(17-7-1)44-26-28-45(29-27-44)51-36-50(39-57-61-58(46-22-12-4-13-23-46)63-59(62-57)47-24-14-5-15-25-47)54(60-40-51)34-35-64-55-32-30-48(42-18-8-2-9-19-42)37-52(55)53-38-49(31-33-56(53)64)43-20-10-3-11-21-43/h1-33,36-38,40H,34-35,39H2. The second-order valence-electron chi connectivity index (χ2n) is 16.2. The summed E-state index contributed by atoms with van der Waals surface area (Å²) in [5.74, 6) is 2.01. The van der Waals surface area contributed by atoms with Crippen molar-refractivity contribution in [3.05, 3.63) is 242 Å². The number of nitrogens with zero attached hydrogens (tertiary/aromatic N) is 5. The highest BCUT2D eigenvalue weighted by atomic mass is 15.0. The molecule has 0 aliphatic heterocycles. The highest BCUT2D eigenvalue weighted by Crippen LogP contribution is 2.36. The topological polar surface area (TPSA) is 56.5 Å². The first-order chi connectivity index (χ1) is 31.7. The van der Waals surface area contributed by atoms with Gasteiger partial charge in [0.05, 0.1) is 0 Å². The molecule has 0 N–H and O–H groups in total. The van der Waals surface area contributed by atoms with E-state index < -0.39 is 0 Å². The van der Waals surface area contributed by atoms with Crippen molar-refractivity contribution in [1.82, 2.24) is 24.5 Å². The van der Waals surface area contributed by atoms with E-state index in [0.717, 1.165) is 40.1 Å². The summed E-state index contributed by atoms with van der Waals surface area (Å²) in [6, 6.07) is 77.0. The van der Waals surface area contributed by atoms with Crippen molar-refractivity contribution in [1.29, 1.82) is 0 Å². The fourth-order valence-corrected chi connectivity index (χ4v) is 8.85. The molecule has 0 radical (unpaired) electrons. The normalized spacial score (nSPS) is 11.3. The van der Waals surface area contributed by atoms with Gasteiger partial charge in [-0.05, 0) is 74.8 Å². The molecule has 0 saturated carbocycles. The second-order valence-corrected chi connectivity index (χ2v) is 16.2. The zero-order valence-corrected chi connectivity index (χ0v) is 35.2. The fraction of sp³-hybridized carbons (Fsp3) is 0.0508. The Morgan fingerprint density at radius 1 is 0.344 bits per heavy atom. The van der Waals surface area contributed by atoms with Gasteiger partial charge in [-0.1, -0.05) is 188 Å². The summed E-state index contributed by atoms with van der Waals surface area (Å²) in [6.07, 6.45) is 3.23. The average molecular weight is 822 g/mol. The lowest BCUT2D eigenvalue weighted by Crippen LogP contribution is -2.09. The molecular formula is C59H43N5. The van der Waals surface area contributed by atoms with E-state index in [-0.39, 0.29) is 0 Å². The van der Waals surface area contributed by atoms with Gasteiger partial charge in [0.1, 0.15) is 5.82 Å². The van der Waals surface area contributed by atoms with Crippen LogP contribution in [0.15, 0.2) is 225 Å². The summed E-state index contributed by atoms with van der Waals surface area (Å²) in [6.45, 7) is 0.738. The Morgan fingerprint density at radius 2 is 0.734 bits per heavy atom. The highest BCUT2D eigenvalue weighted by Gasteiger charge is 2.18. The average Bonchev–Trinajstić information content (AvgIpc) is 3.69. The molecule has 3 heterocycles. The summed E-state index contributed by atoms with van der Waals surface area (Å²) >= 11 is 0. The number of pyridine rings is 1. The quantitative estimate of drug-likeness (QED) is 0.130. The fourth-order valence-electron chi connectivity index (χ4n) is 8.85. The van der Waals surface area contributed by atoms with Gasteiger partial charge < -0.3 is 4.57 Å². The van der Waals surface area contributed by atoms with Crippen LogP contribution < -0.4 is 0 Å². The van der Waals surface area contributed by atoms with Crippen LogP contribution >= 0.6 is 0 Å². The molecule has 8 aromatic carbocycles. The van der Waals surface area contributed by atoms with Crippen molar-refractivity contribution in [2.45, 2.75) is 19.4 Å². The number of benzene rings is 8. The van der Waals surface area contributed by atoms with E-state index in [1.165, 1.54) is 55.2 Å². The van der Waals surface area contributed by atoms with Crippen LogP contribution in [0, 0.1) is 0 Å². The van der Waals surface area contributed by atoms with Gasteiger partial charge in [0.15, 0.2) is 11.6 Å². The lowest BCUT2D eigenvalue weighted by Gasteiger charge is -2.14. The van der Waals surface area contributed by atoms with E-state index in [4.69, 9.17) is 19.9 Å².